The maximum Gasteiger partial charge on any atom is 0.243 e. The molecule has 10 heteroatoms. The van der Waals surface area contributed by atoms with Crippen LogP contribution in [0.25, 0.3) is 0 Å². The smallest absolute Gasteiger partial charge is 0.243 e. The van der Waals surface area contributed by atoms with E-state index in [1.165, 1.54) is 6.92 Å². The highest BCUT2D eigenvalue weighted by Gasteiger charge is 2.30. The standard InChI is InChI=1S/C20H23ClN2O6S/c1-14(20(24)22-9-10-27-17-6-3-15(21)4-7-17)23(30(2,25)26)16-5-8-18-19(13-16)29-12-11-28-18/h3-8,13-14H,9-12H2,1-2H3,(H,22,24). The molecule has 3 rings (SSSR count). The number of benzene rings is 2. The lowest BCUT2D eigenvalue weighted by molar-refractivity contribution is -0.121. The molecule has 1 aliphatic heterocycles. The van der Waals surface area contributed by atoms with Crippen LogP contribution in [-0.4, -0.2) is 53.0 Å². The summed E-state index contributed by atoms with van der Waals surface area (Å²) in [5.41, 5.74) is 0.321. The molecule has 0 saturated carbocycles. The molecule has 0 radical (unpaired) electrons. The van der Waals surface area contributed by atoms with Crippen molar-refractivity contribution < 1.29 is 27.4 Å². The SMILES string of the molecule is CC(C(=O)NCCOc1ccc(Cl)cc1)N(c1ccc2c(c1)OCCO2)S(C)(=O)=O. The Morgan fingerprint density at radius 3 is 2.50 bits per heavy atom. The maximum atomic E-state index is 12.6. The molecule has 1 unspecified atom stereocenters. The lowest BCUT2D eigenvalue weighted by atomic mass is 10.2. The lowest BCUT2D eigenvalue weighted by Gasteiger charge is -2.29. The molecule has 162 valence electrons. The first-order valence-corrected chi connectivity index (χ1v) is 11.5. The predicted octanol–water partition coefficient (Wildman–Crippen LogP) is 2.46. The molecule has 1 aliphatic rings. The Balaban J connectivity index is 1.64. The summed E-state index contributed by atoms with van der Waals surface area (Å²) in [5, 5.41) is 3.30. The van der Waals surface area contributed by atoms with E-state index in [4.69, 9.17) is 25.8 Å². The van der Waals surface area contributed by atoms with E-state index in [0.717, 1.165) is 10.6 Å². The Kier molecular flexibility index (Phi) is 6.94. The highest BCUT2D eigenvalue weighted by atomic mass is 35.5. The second-order valence-corrected chi connectivity index (χ2v) is 8.95. The third kappa shape index (κ3) is 5.48. The number of amides is 1. The van der Waals surface area contributed by atoms with E-state index in [1.807, 2.05) is 0 Å². The fourth-order valence-corrected chi connectivity index (χ4v) is 4.29. The minimum Gasteiger partial charge on any atom is -0.492 e. The van der Waals surface area contributed by atoms with Gasteiger partial charge in [0.1, 0.15) is 31.6 Å². The summed E-state index contributed by atoms with van der Waals surface area (Å²) in [6.07, 6.45) is 1.05. The first-order chi connectivity index (χ1) is 14.3. The number of hydrogen-bond acceptors (Lipinski definition) is 6. The molecular formula is C20H23ClN2O6S. The van der Waals surface area contributed by atoms with Gasteiger partial charge < -0.3 is 19.5 Å². The second-order valence-electron chi connectivity index (χ2n) is 6.66. The van der Waals surface area contributed by atoms with Crippen molar-refractivity contribution in [2.75, 3.05) is 36.9 Å². The molecule has 1 N–H and O–H groups in total. The van der Waals surface area contributed by atoms with E-state index in [-0.39, 0.29) is 13.2 Å². The number of rotatable bonds is 8. The van der Waals surface area contributed by atoms with Crippen molar-refractivity contribution in [2.24, 2.45) is 0 Å². The molecule has 30 heavy (non-hydrogen) atoms. The number of carbonyl (C=O) groups is 1. The second kappa shape index (κ2) is 9.44. The number of fused-ring (bicyclic) bond motifs is 1. The van der Waals surface area contributed by atoms with Crippen molar-refractivity contribution in [1.29, 1.82) is 0 Å². The summed E-state index contributed by atoms with van der Waals surface area (Å²) in [4.78, 5) is 12.6. The minimum atomic E-state index is -3.73. The Bertz CT molecular complexity index is 997. The maximum absolute atomic E-state index is 12.6. The molecule has 0 bridgehead atoms. The zero-order valence-electron chi connectivity index (χ0n) is 16.6. The van der Waals surface area contributed by atoms with Gasteiger partial charge >= 0.3 is 0 Å². The first-order valence-electron chi connectivity index (χ1n) is 9.31. The molecule has 2 aromatic carbocycles. The van der Waals surface area contributed by atoms with Gasteiger partial charge in [-0.15, -0.1) is 0 Å². The lowest BCUT2D eigenvalue weighted by Crippen LogP contribution is -2.48. The van der Waals surface area contributed by atoms with Gasteiger partial charge in [-0.25, -0.2) is 8.42 Å². The van der Waals surface area contributed by atoms with Crippen molar-refractivity contribution in [3.63, 3.8) is 0 Å². The number of halogens is 1. The van der Waals surface area contributed by atoms with E-state index in [0.29, 0.717) is 41.2 Å². The summed E-state index contributed by atoms with van der Waals surface area (Å²) >= 11 is 5.82. The van der Waals surface area contributed by atoms with E-state index in [2.05, 4.69) is 5.32 Å². The Hall–Kier alpha value is -2.65. The average molecular weight is 455 g/mol. The molecule has 0 saturated heterocycles. The molecule has 1 heterocycles. The molecule has 0 aromatic heterocycles. The molecule has 0 aliphatic carbocycles. The quantitative estimate of drug-likeness (QED) is 0.616. The van der Waals surface area contributed by atoms with Gasteiger partial charge in [-0.3, -0.25) is 9.10 Å². The number of sulfonamides is 1. The van der Waals surface area contributed by atoms with Gasteiger partial charge in [0.15, 0.2) is 11.5 Å². The predicted molar refractivity (Wildman–Crippen MR) is 114 cm³/mol. The van der Waals surface area contributed by atoms with Crippen molar-refractivity contribution in [1.82, 2.24) is 5.32 Å². The molecule has 1 atom stereocenters. The van der Waals surface area contributed by atoms with Crippen molar-refractivity contribution in [2.45, 2.75) is 13.0 Å². The summed E-state index contributed by atoms with van der Waals surface area (Å²) in [6.45, 7) is 2.76. The van der Waals surface area contributed by atoms with Crippen molar-refractivity contribution >= 4 is 33.2 Å². The minimum absolute atomic E-state index is 0.213. The highest BCUT2D eigenvalue weighted by Crippen LogP contribution is 2.35. The fraction of sp³-hybridized carbons (Fsp3) is 0.350. The van der Waals surface area contributed by atoms with Crippen LogP contribution in [0.1, 0.15) is 6.92 Å². The molecular weight excluding hydrogens is 432 g/mol. The Labute approximate surface area is 180 Å². The van der Waals surface area contributed by atoms with Gasteiger partial charge in [0.2, 0.25) is 15.9 Å². The number of nitrogens with one attached hydrogen (secondary N) is 1. The topological polar surface area (TPSA) is 94.2 Å². The number of hydrogen-bond donors (Lipinski definition) is 1. The number of ether oxygens (including phenoxy) is 3. The van der Waals surface area contributed by atoms with E-state index >= 15 is 0 Å². The number of nitrogens with zero attached hydrogens (tertiary/aromatic N) is 1. The first kappa shape index (κ1) is 22.0. The van der Waals surface area contributed by atoms with Crippen LogP contribution >= 0.6 is 11.6 Å². The van der Waals surface area contributed by atoms with E-state index in [9.17, 15) is 13.2 Å². The van der Waals surface area contributed by atoms with Crippen LogP contribution in [0.5, 0.6) is 17.2 Å². The third-order valence-electron chi connectivity index (χ3n) is 4.35. The third-order valence-corrected chi connectivity index (χ3v) is 5.85. The van der Waals surface area contributed by atoms with Crippen LogP contribution in [0.15, 0.2) is 42.5 Å². The summed E-state index contributed by atoms with van der Waals surface area (Å²) < 4.78 is 42.4. The van der Waals surface area contributed by atoms with Gasteiger partial charge in [0.25, 0.3) is 0 Å². The summed E-state index contributed by atoms with van der Waals surface area (Å²) in [5.74, 6) is 1.15. The van der Waals surface area contributed by atoms with Crippen molar-refractivity contribution in [3.05, 3.63) is 47.5 Å². The molecule has 0 spiro atoms. The molecule has 0 fully saturated rings. The molecule has 2 aromatic rings. The van der Waals surface area contributed by atoms with Gasteiger partial charge in [-0.1, -0.05) is 11.6 Å². The Morgan fingerprint density at radius 2 is 1.83 bits per heavy atom. The van der Waals surface area contributed by atoms with E-state index in [1.54, 1.807) is 42.5 Å². The average Bonchev–Trinajstić information content (AvgIpc) is 2.71. The Morgan fingerprint density at radius 1 is 1.17 bits per heavy atom. The van der Waals surface area contributed by atoms with Crippen LogP contribution in [0.3, 0.4) is 0 Å². The highest BCUT2D eigenvalue weighted by molar-refractivity contribution is 7.92. The summed E-state index contributed by atoms with van der Waals surface area (Å²) in [6, 6.07) is 10.7. The van der Waals surface area contributed by atoms with Crippen LogP contribution in [-0.2, 0) is 14.8 Å². The zero-order chi connectivity index (χ0) is 21.7. The fourth-order valence-electron chi connectivity index (χ4n) is 3.00. The van der Waals surface area contributed by atoms with Gasteiger partial charge in [0, 0.05) is 11.1 Å². The van der Waals surface area contributed by atoms with Crippen LogP contribution < -0.4 is 23.8 Å². The zero-order valence-corrected chi connectivity index (χ0v) is 18.2. The van der Waals surface area contributed by atoms with E-state index < -0.39 is 22.0 Å². The number of carbonyl (C=O) groups excluding carboxylic acids is 1. The molecule has 8 nitrogen and oxygen atoms in total. The summed E-state index contributed by atoms with van der Waals surface area (Å²) in [7, 11) is -3.73. The van der Waals surface area contributed by atoms with Crippen LogP contribution in [0.2, 0.25) is 5.02 Å². The normalized spacial score (nSPS) is 14.0. The monoisotopic (exact) mass is 454 g/mol. The molecule has 1 amide bonds. The van der Waals surface area contributed by atoms with Gasteiger partial charge in [-0.05, 0) is 43.3 Å². The van der Waals surface area contributed by atoms with Crippen molar-refractivity contribution in [3.8, 4) is 17.2 Å². The largest absolute Gasteiger partial charge is 0.492 e. The van der Waals surface area contributed by atoms with Crippen LogP contribution in [0.4, 0.5) is 5.69 Å². The van der Waals surface area contributed by atoms with Crippen LogP contribution in [0, 0.1) is 0 Å². The van der Waals surface area contributed by atoms with Gasteiger partial charge in [0.05, 0.1) is 18.5 Å². The number of anilines is 1. The van der Waals surface area contributed by atoms with Gasteiger partial charge in [-0.2, -0.15) is 0 Å².